The number of fused-ring (bicyclic) bond motifs is 1. The van der Waals surface area contributed by atoms with E-state index >= 15 is 0 Å². The van der Waals surface area contributed by atoms with Gasteiger partial charge in [0.05, 0.1) is 35.0 Å². The Hall–Kier alpha value is -4.58. The zero-order valence-electron chi connectivity index (χ0n) is 25.3. The molecule has 220 valence electrons. The number of aryl methyl sites for hydroxylation is 4. The molecule has 2 bridgehead atoms. The Bertz CT molecular complexity index is 1870. The van der Waals surface area contributed by atoms with Gasteiger partial charge in [0.25, 0.3) is 0 Å². The third-order valence-corrected chi connectivity index (χ3v) is 11.1. The Labute approximate surface area is 257 Å². The predicted molar refractivity (Wildman–Crippen MR) is 168 cm³/mol. The van der Waals surface area contributed by atoms with Gasteiger partial charge in [0, 0.05) is 11.8 Å². The zero-order chi connectivity index (χ0) is 30.6. The van der Waals surface area contributed by atoms with Crippen molar-refractivity contribution < 1.29 is 19.2 Å². The fraction of sp³-hybridized carbons (Fsp3) is 0.316. The number of benzene rings is 3. The van der Waals surface area contributed by atoms with Crippen LogP contribution in [0, 0.1) is 69.1 Å². The van der Waals surface area contributed by atoms with Gasteiger partial charge in [-0.2, -0.15) is 0 Å². The number of hydrogen-bond acceptors (Lipinski definition) is 4. The standard InChI is InChI=1S/C38H34N2O4/c1-19-10-12-24(16-21(19)3)39-35(41)29-18-28(23-8-6-5-7-9-23)30-26-14-15-27(31(30)34(29)38(39)44)33-32(26)36(42)40(37(33)43)25-13-11-20(2)22(4)17-25/h5-17,26-27,29,31-34H,18H2,1-4H3/t26-,27+,29+,31-,32+,33-,34+/m0/s1. The summed E-state index contributed by atoms with van der Waals surface area (Å²) in [6, 6.07) is 21.5. The summed E-state index contributed by atoms with van der Waals surface area (Å²) in [5.74, 6) is -3.93. The Kier molecular flexibility index (Phi) is 5.80. The highest BCUT2D eigenvalue weighted by Crippen LogP contribution is 2.63. The first kappa shape index (κ1) is 27.0. The number of allylic oxidation sites excluding steroid dienone is 4. The van der Waals surface area contributed by atoms with Crippen LogP contribution in [0.5, 0.6) is 0 Å². The van der Waals surface area contributed by atoms with Gasteiger partial charge in [-0.1, -0.05) is 60.2 Å². The molecule has 3 fully saturated rings. The first-order valence-electron chi connectivity index (χ1n) is 15.5. The second kappa shape index (κ2) is 9.46. The van der Waals surface area contributed by atoms with Crippen molar-refractivity contribution in [2.75, 3.05) is 9.80 Å². The normalized spacial score (nSPS) is 30.3. The van der Waals surface area contributed by atoms with Crippen molar-refractivity contribution in [1.29, 1.82) is 0 Å². The van der Waals surface area contributed by atoms with Crippen molar-refractivity contribution in [1.82, 2.24) is 0 Å². The summed E-state index contributed by atoms with van der Waals surface area (Å²) >= 11 is 0. The average molecular weight is 583 g/mol. The third kappa shape index (κ3) is 3.54. The molecule has 3 aromatic rings. The number of rotatable bonds is 3. The van der Waals surface area contributed by atoms with E-state index in [1.807, 2.05) is 82.3 Å². The molecule has 0 radical (unpaired) electrons. The van der Waals surface area contributed by atoms with Crippen molar-refractivity contribution in [3.05, 3.63) is 112 Å². The van der Waals surface area contributed by atoms with E-state index in [4.69, 9.17) is 0 Å². The number of nitrogens with zero attached hydrogens (tertiary/aromatic N) is 2. The van der Waals surface area contributed by atoms with E-state index in [0.29, 0.717) is 17.8 Å². The molecule has 2 heterocycles. The summed E-state index contributed by atoms with van der Waals surface area (Å²) in [4.78, 5) is 59.8. The first-order valence-corrected chi connectivity index (χ1v) is 15.5. The molecule has 9 rings (SSSR count). The fourth-order valence-electron chi connectivity index (χ4n) is 8.75. The lowest BCUT2D eigenvalue weighted by molar-refractivity contribution is -0.129. The van der Waals surface area contributed by atoms with Crippen LogP contribution in [0.25, 0.3) is 5.57 Å². The quantitative estimate of drug-likeness (QED) is 0.276. The van der Waals surface area contributed by atoms with E-state index in [2.05, 4.69) is 24.3 Å². The van der Waals surface area contributed by atoms with Crippen LogP contribution in [0.1, 0.15) is 34.2 Å². The number of carbonyl (C=O) groups is 4. The summed E-state index contributed by atoms with van der Waals surface area (Å²) in [7, 11) is 0. The predicted octanol–water partition coefficient (Wildman–Crippen LogP) is 6.12. The molecule has 7 atom stereocenters. The van der Waals surface area contributed by atoms with Crippen LogP contribution >= 0.6 is 0 Å². The van der Waals surface area contributed by atoms with Crippen LogP contribution in [-0.2, 0) is 19.2 Å². The molecule has 6 aliphatic rings. The maximum atomic E-state index is 14.4. The number of anilines is 2. The number of carbonyl (C=O) groups excluding carboxylic acids is 4. The molecule has 4 amide bonds. The Balaban J connectivity index is 1.28. The molecular formula is C38H34N2O4. The molecule has 0 aromatic heterocycles. The van der Waals surface area contributed by atoms with E-state index in [-0.39, 0.29) is 41.4 Å². The van der Waals surface area contributed by atoms with Gasteiger partial charge in [0.1, 0.15) is 0 Å². The molecule has 2 aliphatic heterocycles. The SMILES string of the molecule is Cc1ccc(N2C(=O)[C@H]3[C@@H]4C=C[C@@H](C5=C(c6ccccc6)C[C@H]6C(=O)N(c7ccc(C)c(C)c7)C(=O)[C@H]6[C@H]54)[C@H]3C2=O)cc1C. The van der Waals surface area contributed by atoms with Crippen LogP contribution in [0.2, 0.25) is 0 Å². The minimum atomic E-state index is -0.580. The summed E-state index contributed by atoms with van der Waals surface area (Å²) < 4.78 is 0. The molecular weight excluding hydrogens is 548 g/mol. The maximum Gasteiger partial charge on any atom is 0.238 e. The minimum absolute atomic E-state index is 0.173. The number of amides is 4. The van der Waals surface area contributed by atoms with Crippen LogP contribution in [0.4, 0.5) is 11.4 Å². The average Bonchev–Trinajstić information content (AvgIpc) is 3.45. The van der Waals surface area contributed by atoms with Crippen molar-refractivity contribution in [2.24, 2.45) is 41.4 Å². The summed E-state index contributed by atoms with van der Waals surface area (Å²) in [5.41, 5.74) is 8.55. The molecule has 3 aromatic carbocycles. The van der Waals surface area contributed by atoms with Crippen molar-refractivity contribution in [2.45, 2.75) is 34.1 Å². The number of hydrogen-bond donors (Lipinski definition) is 0. The van der Waals surface area contributed by atoms with Gasteiger partial charge in [0.15, 0.2) is 0 Å². The summed E-state index contributed by atoms with van der Waals surface area (Å²) in [5, 5.41) is 0. The second-order valence-corrected chi connectivity index (χ2v) is 13.3. The van der Waals surface area contributed by atoms with E-state index in [0.717, 1.165) is 39.0 Å². The third-order valence-electron chi connectivity index (χ3n) is 11.1. The highest BCUT2D eigenvalue weighted by atomic mass is 16.2. The number of imide groups is 2. The molecule has 6 heteroatoms. The van der Waals surface area contributed by atoms with Gasteiger partial charge in [-0.15, -0.1) is 0 Å². The van der Waals surface area contributed by atoms with Crippen LogP contribution < -0.4 is 9.80 Å². The Morgan fingerprint density at radius 2 is 1.14 bits per heavy atom. The van der Waals surface area contributed by atoms with E-state index in [1.165, 1.54) is 9.80 Å². The maximum absolute atomic E-state index is 14.4. The van der Waals surface area contributed by atoms with E-state index < -0.39 is 23.7 Å². The molecule has 0 unspecified atom stereocenters. The van der Waals surface area contributed by atoms with Gasteiger partial charge < -0.3 is 0 Å². The highest BCUT2D eigenvalue weighted by molar-refractivity contribution is 6.24. The molecule has 0 N–H and O–H groups in total. The molecule has 44 heavy (non-hydrogen) atoms. The van der Waals surface area contributed by atoms with Gasteiger partial charge >= 0.3 is 0 Å². The summed E-state index contributed by atoms with van der Waals surface area (Å²) in [6.45, 7) is 7.99. The molecule has 4 aliphatic carbocycles. The van der Waals surface area contributed by atoms with Crippen LogP contribution in [0.15, 0.2) is 84.5 Å². The molecule has 2 saturated heterocycles. The zero-order valence-corrected chi connectivity index (χ0v) is 25.3. The van der Waals surface area contributed by atoms with Gasteiger partial charge in [-0.05, 0) is 97.7 Å². The van der Waals surface area contributed by atoms with Crippen LogP contribution in [0.3, 0.4) is 0 Å². The highest BCUT2D eigenvalue weighted by Gasteiger charge is 2.67. The second-order valence-electron chi connectivity index (χ2n) is 13.3. The molecule has 0 spiro atoms. The smallest absolute Gasteiger partial charge is 0.238 e. The fourth-order valence-corrected chi connectivity index (χ4v) is 8.75. The van der Waals surface area contributed by atoms with Gasteiger partial charge in [-0.3, -0.25) is 24.1 Å². The van der Waals surface area contributed by atoms with Gasteiger partial charge in [0.2, 0.25) is 23.6 Å². The monoisotopic (exact) mass is 582 g/mol. The van der Waals surface area contributed by atoms with Crippen molar-refractivity contribution in [3.63, 3.8) is 0 Å². The lowest BCUT2D eigenvalue weighted by Gasteiger charge is -2.51. The Morgan fingerprint density at radius 1 is 0.568 bits per heavy atom. The lowest BCUT2D eigenvalue weighted by atomic mass is 9.49. The van der Waals surface area contributed by atoms with E-state index in [1.54, 1.807) is 0 Å². The van der Waals surface area contributed by atoms with Gasteiger partial charge in [-0.25, -0.2) is 4.90 Å². The Morgan fingerprint density at radius 3 is 1.75 bits per heavy atom. The first-order chi connectivity index (χ1) is 21.2. The van der Waals surface area contributed by atoms with Crippen molar-refractivity contribution in [3.8, 4) is 0 Å². The van der Waals surface area contributed by atoms with Crippen LogP contribution in [-0.4, -0.2) is 23.6 Å². The van der Waals surface area contributed by atoms with E-state index in [9.17, 15) is 19.2 Å². The van der Waals surface area contributed by atoms with Crippen molar-refractivity contribution >= 4 is 40.6 Å². The molecule has 1 saturated carbocycles. The topological polar surface area (TPSA) is 74.8 Å². The molecule has 6 nitrogen and oxygen atoms in total. The largest absolute Gasteiger partial charge is 0.274 e. The summed E-state index contributed by atoms with van der Waals surface area (Å²) in [6.07, 6.45) is 4.60. The minimum Gasteiger partial charge on any atom is -0.274 e. The lowest BCUT2D eigenvalue weighted by Crippen LogP contribution is -2.51.